The molecular weight excluding hydrogens is 332 g/mol. The van der Waals surface area contributed by atoms with Gasteiger partial charge in [-0.15, -0.1) is 0 Å². The fraction of sp³-hybridized carbons (Fsp3) is 0.350. The summed E-state index contributed by atoms with van der Waals surface area (Å²) in [6.07, 6.45) is 0. The van der Waals surface area contributed by atoms with E-state index in [2.05, 4.69) is 10.6 Å². The number of benzene rings is 2. The quantitative estimate of drug-likeness (QED) is 0.605. The molecule has 2 aromatic carbocycles. The van der Waals surface area contributed by atoms with Crippen molar-refractivity contribution in [3.05, 3.63) is 54.1 Å². The summed E-state index contributed by atoms with van der Waals surface area (Å²) in [5, 5.41) is 5.97. The van der Waals surface area contributed by atoms with Crippen molar-refractivity contribution in [1.82, 2.24) is 5.32 Å². The lowest BCUT2D eigenvalue weighted by Crippen LogP contribution is -2.27. The van der Waals surface area contributed by atoms with Crippen LogP contribution in [0.25, 0.3) is 0 Å². The number of nitrogens with one attached hydrogen (secondary N) is 2. The second kappa shape index (κ2) is 11.1. The maximum Gasteiger partial charge on any atom is 0.238 e. The number of anilines is 1. The van der Waals surface area contributed by atoms with Gasteiger partial charge in [0.05, 0.1) is 20.3 Å². The highest BCUT2D eigenvalue weighted by Gasteiger charge is 2.03. The number of rotatable bonds is 11. The zero-order chi connectivity index (χ0) is 18.6. The van der Waals surface area contributed by atoms with E-state index in [4.69, 9.17) is 14.2 Å². The van der Waals surface area contributed by atoms with E-state index in [0.29, 0.717) is 26.4 Å². The summed E-state index contributed by atoms with van der Waals surface area (Å²) in [6, 6.07) is 15.0. The third-order valence-electron chi connectivity index (χ3n) is 3.61. The molecule has 2 rings (SSSR count). The van der Waals surface area contributed by atoms with Crippen LogP contribution >= 0.6 is 0 Å². The smallest absolute Gasteiger partial charge is 0.238 e. The number of amides is 1. The van der Waals surface area contributed by atoms with Crippen LogP contribution in [0.5, 0.6) is 11.5 Å². The van der Waals surface area contributed by atoms with Gasteiger partial charge in [0.1, 0.15) is 18.1 Å². The van der Waals surface area contributed by atoms with Crippen molar-refractivity contribution in [2.45, 2.75) is 13.5 Å². The molecule has 0 fully saturated rings. The largest absolute Gasteiger partial charge is 0.497 e. The molecule has 0 aliphatic rings. The molecule has 6 heteroatoms. The van der Waals surface area contributed by atoms with Crippen LogP contribution in [0.1, 0.15) is 12.5 Å². The Labute approximate surface area is 154 Å². The molecule has 0 aliphatic carbocycles. The summed E-state index contributed by atoms with van der Waals surface area (Å²) in [5.41, 5.74) is 1.82. The zero-order valence-electron chi connectivity index (χ0n) is 15.3. The molecule has 6 nitrogen and oxygen atoms in total. The standard InChI is InChI=1S/C20H26N2O4/c1-3-25-12-13-26-19-10-6-17(7-11-19)22-20(23)15-21-14-16-4-8-18(24-2)9-5-16/h4-11,21H,3,12-15H2,1-2H3,(H,22,23). The highest BCUT2D eigenvalue weighted by molar-refractivity contribution is 5.92. The topological polar surface area (TPSA) is 68.8 Å². The predicted octanol–water partition coefficient (Wildman–Crippen LogP) is 2.84. The van der Waals surface area contributed by atoms with E-state index in [-0.39, 0.29) is 12.5 Å². The maximum atomic E-state index is 12.0. The van der Waals surface area contributed by atoms with Gasteiger partial charge in [0.2, 0.25) is 5.91 Å². The van der Waals surface area contributed by atoms with Crippen LogP contribution in [-0.2, 0) is 16.1 Å². The molecule has 140 valence electrons. The first-order chi connectivity index (χ1) is 12.7. The van der Waals surface area contributed by atoms with Gasteiger partial charge in [-0.3, -0.25) is 4.79 Å². The molecule has 0 spiro atoms. The van der Waals surface area contributed by atoms with Crippen molar-refractivity contribution < 1.29 is 19.0 Å². The SMILES string of the molecule is CCOCCOc1ccc(NC(=O)CNCc2ccc(OC)cc2)cc1. The lowest BCUT2D eigenvalue weighted by molar-refractivity contribution is -0.115. The molecule has 0 heterocycles. The highest BCUT2D eigenvalue weighted by atomic mass is 16.5. The van der Waals surface area contributed by atoms with Crippen LogP contribution in [0, 0.1) is 0 Å². The van der Waals surface area contributed by atoms with E-state index >= 15 is 0 Å². The lowest BCUT2D eigenvalue weighted by atomic mass is 10.2. The summed E-state index contributed by atoms with van der Waals surface area (Å²) in [5.74, 6) is 1.47. The van der Waals surface area contributed by atoms with E-state index in [1.807, 2.05) is 55.5 Å². The summed E-state index contributed by atoms with van der Waals surface area (Å²) in [4.78, 5) is 12.0. The van der Waals surface area contributed by atoms with Crippen LogP contribution in [0.15, 0.2) is 48.5 Å². The van der Waals surface area contributed by atoms with Gasteiger partial charge in [-0.25, -0.2) is 0 Å². The molecule has 26 heavy (non-hydrogen) atoms. The molecule has 0 unspecified atom stereocenters. The predicted molar refractivity (Wildman–Crippen MR) is 102 cm³/mol. The van der Waals surface area contributed by atoms with Crippen molar-refractivity contribution in [3.63, 3.8) is 0 Å². The number of hydrogen-bond donors (Lipinski definition) is 2. The lowest BCUT2D eigenvalue weighted by Gasteiger charge is -2.09. The molecule has 0 aliphatic heterocycles. The van der Waals surface area contributed by atoms with E-state index in [1.54, 1.807) is 7.11 Å². The third kappa shape index (κ3) is 7.13. The molecule has 0 aromatic heterocycles. The first kappa shape index (κ1) is 19.8. The molecule has 0 saturated heterocycles. The third-order valence-corrected chi connectivity index (χ3v) is 3.61. The van der Waals surface area contributed by atoms with E-state index < -0.39 is 0 Å². The van der Waals surface area contributed by atoms with Gasteiger partial charge < -0.3 is 24.8 Å². The van der Waals surface area contributed by atoms with Crippen LogP contribution in [0.3, 0.4) is 0 Å². The van der Waals surface area contributed by atoms with Crippen LogP contribution in [0.4, 0.5) is 5.69 Å². The van der Waals surface area contributed by atoms with Crippen molar-refractivity contribution in [3.8, 4) is 11.5 Å². The average molecular weight is 358 g/mol. The molecule has 1 amide bonds. The summed E-state index contributed by atoms with van der Waals surface area (Å²) in [7, 11) is 1.64. The average Bonchev–Trinajstić information content (AvgIpc) is 2.67. The molecule has 0 bridgehead atoms. The Hall–Kier alpha value is -2.57. The molecule has 0 atom stereocenters. The molecule has 0 radical (unpaired) electrons. The second-order valence-electron chi connectivity index (χ2n) is 5.57. The minimum atomic E-state index is -0.0940. The first-order valence-electron chi connectivity index (χ1n) is 8.65. The second-order valence-corrected chi connectivity index (χ2v) is 5.57. The summed E-state index contributed by atoms with van der Waals surface area (Å²) >= 11 is 0. The van der Waals surface area contributed by atoms with Crippen molar-refractivity contribution in [1.29, 1.82) is 0 Å². The summed E-state index contributed by atoms with van der Waals surface area (Å²) in [6.45, 7) is 4.55. The zero-order valence-corrected chi connectivity index (χ0v) is 15.3. The van der Waals surface area contributed by atoms with E-state index in [9.17, 15) is 4.79 Å². The van der Waals surface area contributed by atoms with E-state index in [0.717, 1.165) is 22.7 Å². The van der Waals surface area contributed by atoms with Gasteiger partial charge in [-0.1, -0.05) is 12.1 Å². The Kier molecular flexibility index (Phi) is 8.45. The Balaban J connectivity index is 1.68. The molecule has 0 saturated carbocycles. The number of carbonyl (C=O) groups is 1. The Bertz CT molecular complexity index is 657. The van der Waals surface area contributed by atoms with Gasteiger partial charge in [0, 0.05) is 18.8 Å². The maximum absolute atomic E-state index is 12.0. The van der Waals surface area contributed by atoms with Crippen molar-refractivity contribution in [2.24, 2.45) is 0 Å². The van der Waals surface area contributed by atoms with Crippen LogP contribution in [0.2, 0.25) is 0 Å². The summed E-state index contributed by atoms with van der Waals surface area (Å²) < 4.78 is 15.9. The molecular formula is C20H26N2O4. The van der Waals surface area contributed by atoms with Crippen LogP contribution in [-0.4, -0.2) is 39.4 Å². The van der Waals surface area contributed by atoms with Crippen molar-refractivity contribution >= 4 is 11.6 Å². The number of ether oxygens (including phenoxy) is 3. The minimum Gasteiger partial charge on any atom is -0.497 e. The molecule has 2 aromatic rings. The van der Waals surface area contributed by atoms with E-state index in [1.165, 1.54) is 0 Å². The minimum absolute atomic E-state index is 0.0940. The number of hydrogen-bond acceptors (Lipinski definition) is 5. The fourth-order valence-corrected chi connectivity index (χ4v) is 2.27. The number of methoxy groups -OCH3 is 1. The fourth-order valence-electron chi connectivity index (χ4n) is 2.27. The van der Waals surface area contributed by atoms with Gasteiger partial charge in [-0.05, 0) is 48.9 Å². The Morgan fingerprint density at radius 1 is 0.962 bits per heavy atom. The normalized spacial score (nSPS) is 10.4. The first-order valence-corrected chi connectivity index (χ1v) is 8.65. The van der Waals surface area contributed by atoms with Gasteiger partial charge in [0.25, 0.3) is 0 Å². The monoisotopic (exact) mass is 358 g/mol. The molecule has 2 N–H and O–H groups in total. The van der Waals surface area contributed by atoms with Gasteiger partial charge in [0.15, 0.2) is 0 Å². The number of carbonyl (C=O) groups excluding carboxylic acids is 1. The van der Waals surface area contributed by atoms with Gasteiger partial charge >= 0.3 is 0 Å². The Morgan fingerprint density at radius 2 is 1.65 bits per heavy atom. The Morgan fingerprint density at radius 3 is 2.31 bits per heavy atom. The van der Waals surface area contributed by atoms with Crippen molar-refractivity contribution in [2.75, 3.05) is 38.8 Å². The van der Waals surface area contributed by atoms with Crippen LogP contribution < -0.4 is 20.1 Å². The van der Waals surface area contributed by atoms with Gasteiger partial charge in [-0.2, -0.15) is 0 Å². The highest BCUT2D eigenvalue weighted by Crippen LogP contribution is 2.15.